The second-order valence-electron chi connectivity index (χ2n) is 11.9. The first-order valence-electron chi connectivity index (χ1n) is 15.8. The van der Waals surface area contributed by atoms with E-state index < -0.39 is 23.4 Å². The van der Waals surface area contributed by atoms with Gasteiger partial charge in [-0.1, -0.05) is 60.7 Å². The lowest BCUT2D eigenvalue weighted by molar-refractivity contribution is -0.113. The highest BCUT2D eigenvalue weighted by atomic mass is 16.2. The second-order valence-corrected chi connectivity index (χ2v) is 11.9. The summed E-state index contributed by atoms with van der Waals surface area (Å²) in [6, 6.07) is 35.9. The number of ketones is 2. The number of amidine groups is 2. The molecule has 10 heteroatoms. The minimum Gasteiger partial charge on any atom is -0.338 e. The number of carbonyl (C=O) groups excluding carboxylic acids is 4. The van der Waals surface area contributed by atoms with E-state index in [1.807, 2.05) is 66.7 Å². The van der Waals surface area contributed by atoms with E-state index in [1.54, 1.807) is 54.6 Å². The standard InChI is InChI=1S/C40H24N6O4/c47-35-23-15-7-9-17-29(23)43-39(49)31(35)33-25-19-26-28(20-27(25)37(45-33)41-21-11-3-1-4-12-21)38(42-22-13-5-2-6-14-22)46-34(26)32-36(48)24-16-8-10-18-30(24)44-40(32)50/h1-20H,(H,41,45)(H,42,46)(H,43,49)(H,44,50)/b33-31+,34-32+. The van der Waals surface area contributed by atoms with E-state index in [2.05, 4.69) is 21.3 Å². The van der Waals surface area contributed by atoms with Crippen molar-refractivity contribution in [1.29, 1.82) is 0 Å². The number of hydrogen-bond donors (Lipinski definition) is 4. The van der Waals surface area contributed by atoms with Gasteiger partial charge in [0.2, 0.25) is 11.6 Å². The summed E-state index contributed by atoms with van der Waals surface area (Å²) in [5, 5.41) is 12.3. The number of anilines is 2. The van der Waals surface area contributed by atoms with Crippen LogP contribution in [0.1, 0.15) is 43.0 Å². The molecule has 0 bridgehead atoms. The van der Waals surface area contributed by atoms with Crippen LogP contribution >= 0.6 is 0 Å². The molecule has 9 rings (SSSR count). The Bertz CT molecular complexity index is 2330. The Morgan fingerprint density at radius 3 is 1.20 bits per heavy atom. The van der Waals surface area contributed by atoms with Crippen LogP contribution < -0.4 is 21.3 Å². The molecule has 0 spiro atoms. The second kappa shape index (κ2) is 11.2. The average molecular weight is 653 g/mol. The van der Waals surface area contributed by atoms with Crippen LogP contribution in [0.3, 0.4) is 0 Å². The van der Waals surface area contributed by atoms with Gasteiger partial charge in [0.15, 0.2) is 0 Å². The van der Waals surface area contributed by atoms with Crippen molar-refractivity contribution < 1.29 is 19.2 Å². The molecule has 0 radical (unpaired) electrons. The largest absolute Gasteiger partial charge is 0.338 e. The third-order valence-electron chi connectivity index (χ3n) is 8.94. The van der Waals surface area contributed by atoms with Crippen LogP contribution in [0.2, 0.25) is 0 Å². The first-order valence-corrected chi connectivity index (χ1v) is 15.8. The van der Waals surface area contributed by atoms with Gasteiger partial charge < -0.3 is 21.3 Å². The van der Waals surface area contributed by atoms with Gasteiger partial charge in [0.05, 0.1) is 34.1 Å². The lowest BCUT2D eigenvalue weighted by Crippen LogP contribution is -2.31. The van der Waals surface area contributed by atoms with Gasteiger partial charge in [0.1, 0.15) is 22.8 Å². The van der Waals surface area contributed by atoms with Crippen molar-refractivity contribution in [2.75, 3.05) is 10.6 Å². The lowest BCUT2D eigenvalue weighted by Gasteiger charge is -2.20. The zero-order valence-corrected chi connectivity index (χ0v) is 26.1. The number of carbonyl (C=O) groups is 4. The molecule has 0 aromatic heterocycles. The van der Waals surface area contributed by atoms with Crippen molar-refractivity contribution in [2.45, 2.75) is 0 Å². The summed E-state index contributed by atoms with van der Waals surface area (Å²) in [4.78, 5) is 64.9. The molecule has 0 saturated carbocycles. The predicted octanol–water partition coefficient (Wildman–Crippen LogP) is 6.14. The van der Waals surface area contributed by atoms with Crippen molar-refractivity contribution in [2.24, 2.45) is 9.98 Å². The van der Waals surface area contributed by atoms with Gasteiger partial charge in [-0.2, -0.15) is 0 Å². The zero-order chi connectivity index (χ0) is 33.9. The van der Waals surface area contributed by atoms with Crippen molar-refractivity contribution in [3.63, 3.8) is 0 Å². The maximum atomic E-state index is 14.0. The molecule has 238 valence electrons. The van der Waals surface area contributed by atoms with Gasteiger partial charge in [-0.3, -0.25) is 19.2 Å². The average Bonchev–Trinajstić information content (AvgIpc) is 3.65. The van der Waals surface area contributed by atoms with Crippen LogP contribution in [0.4, 0.5) is 22.7 Å². The molecular formula is C40H24N6O4. The molecule has 0 unspecified atom stereocenters. The fourth-order valence-electron chi connectivity index (χ4n) is 6.62. The van der Waals surface area contributed by atoms with E-state index >= 15 is 0 Å². The van der Waals surface area contributed by atoms with E-state index in [1.165, 1.54) is 0 Å². The predicted molar refractivity (Wildman–Crippen MR) is 191 cm³/mol. The van der Waals surface area contributed by atoms with Gasteiger partial charge >= 0.3 is 0 Å². The number of fused-ring (bicyclic) bond motifs is 4. The summed E-state index contributed by atoms with van der Waals surface area (Å²) in [6.07, 6.45) is 0. The number of amides is 2. The molecule has 5 aromatic carbocycles. The highest BCUT2D eigenvalue weighted by Crippen LogP contribution is 2.40. The highest BCUT2D eigenvalue weighted by molar-refractivity contribution is 6.40. The molecule has 2 amide bonds. The minimum absolute atomic E-state index is 0.0816. The zero-order valence-electron chi connectivity index (χ0n) is 26.1. The first-order chi connectivity index (χ1) is 24.4. The Morgan fingerprint density at radius 2 is 0.760 bits per heavy atom. The van der Waals surface area contributed by atoms with Crippen LogP contribution in [0.15, 0.2) is 142 Å². The number of Topliss-reactive ketones (excluding diaryl/α,β-unsaturated/α-hetero) is 2. The van der Waals surface area contributed by atoms with Gasteiger partial charge in [-0.25, -0.2) is 9.98 Å². The molecular weight excluding hydrogens is 628 g/mol. The van der Waals surface area contributed by atoms with E-state index in [4.69, 9.17) is 9.98 Å². The van der Waals surface area contributed by atoms with Gasteiger partial charge in [0.25, 0.3) is 11.8 Å². The fourth-order valence-corrected chi connectivity index (χ4v) is 6.62. The molecule has 5 aromatic rings. The van der Waals surface area contributed by atoms with Crippen molar-refractivity contribution >= 4 is 69.2 Å². The number of nitrogens with zero attached hydrogens (tertiary/aromatic N) is 2. The Labute approximate surface area is 285 Å². The number of para-hydroxylation sites is 4. The van der Waals surface area contributed by atoms with Crippen LogP contribution in [-0.4, -0.2) is 35.1 Å². The Hall–Kier alpha value is -7.20. The number of hydrogen-bond acceptors (Lipinski definition) is 6. The van der Waals surface area contributed by atoms with Crippen molar-refractivity contribution in [1.82, 2.24) is 10.6 Å². The lowest BCUT2D eigenvalue weighted by atomic mass is 9.90. The third-order valence-corrected chi connectivity index (χ3v) is 8.94. The summed E-state index contributed by atoms with van der Waals surface area (Å²) in [5.41, 5.74) is 5.45. The number of aliphatic imine (C=N–C) groups is 2. The molecule has 4 aliphatic rings. The number of benzene rings is 5. The third kappa shape index (κ3) is 4.58. The Kier molecular flexibility index (Phi) is 6.49. The van der Waals surface area contributed by atoms with Crippen LogP contribution in [0.5, 0.6) is 0 Å². The normalized spacial score (nSPS) is 20.4. The molecule has 0 saturated heterocycles. The van der Waals surface area contributed by atoms with E-state index in [0.717, 1.165) is 0 Å². The maximum absolute atomic E-state index is 14.0. The molecule has 10 nitrogen and oxygen atoms in total. The monoisotopic (exact) mass is 652 g/mol. The number of rotatable bonds is 2. The van der Waals surface area contributed by atoms with Gasteiger partial charge in [-0.15, -0.1) is 0 Å². The molecule has 0 fully saturated rings. The quantitative estimate of drug-likeness (QED) is 0.133. The van der Waals surface area contributed by atoms with Gasteiger partial charge in [0, 0.05) is 33.4 Å². The van der Waals surface area contributed by atoms with E-state index in [9.17, 15) is 19.2 Å². The van der Waals surface area contributed by atoms with Crippen molar-refractivity contribution in [3.8, 4) is 0 Å². The Balaban J connectivity index is 1.31. The summed E-state index contributed by atoms with van der Waals surface area (Å²) in [6.45, 7) is 0. The van der Waals surface area contributed by atoms with Crippen molar-refractivity contribution in [3.05, 3.63) is 166 Å². The minimum atomic E-state index is -0.565. The van der Waals surface area contributed by atoms with Gasteiger partial charge in [-0.05, 0) is 60.7 Å². The number of nitrogens with one attached hydrogen (secondary N) is 4. The van der Waals surface area contributed by atoms with Crippen LogP contribution in [0, 0.1) is 0 Å². The Morgan fingerprint density at radius 1 is 0.380 bits per heavy atom. The highest BCUT2D eigenvalue weighted by Gasteiger charge is 2.40. The molecule has 50 heavy (non-hydrogen) atoms. The molecule has 4 N–H and O–H groups in total. The van der Waals surface area contributed by atoms with Crippen LogP contribution in [0.25, 0.3) is 11.4 Å². The summed E-state index contributed by atoms with van der Waals surface area (Å²) >= 11 is 0. The maximum Gasteiger partial charge on any atom is 0.261 e. The topological polar surface area (TPSA) is 141 Å². The molecule has 0 atom stereocenters. The fraction of sp³-hybridized carbons (Fsp3) is 0. The van der Waals surface area contributed by atoms with E-state index in [-0.39, 0.29) is 22.5 Å². The summed E-state index contributed by atoms with van der Waals surface area (Å²) in [7, 11) is 0. The SMILES string of the molecule is O=C1Nc2ccccc2C(=O)/C1=C1\NC(=Nc2ccccc2)c2cc3c(cc21)/C(=C1\C(=O)Nc2ccccc2C1=O)NC3=Nc1ccccc1. The first kappa shape index (κ1) is 29.0. The van der Waals surface area contributed by atoms with E-state index in [0.29, 0.717) is 67.8 Å². The summed E-state index contributed by atoms with van der Waals surface area (Å²) < 4.78 is 0. The molecule has 4 aliphatic heterocycles. The summed E-state index contributed by atoms with van der Waals surface area (Å²) in [5.74, 6) is -1.19. The molecule has 0 aliphatic carbocycles. The van der Waals surface area contributed by atoms with Crippen LogP contribution in [-0.2, 0) is 9.59 Å². The molecule has 4 heterocycles. The smallest absolute Gasteiger partial charge is 0.261 e.